The summed E-state index contributed by atoms with van der Waals surface area (Å²) in [5.41, 5.74) is 6.47. The molecule has 0 radical (unpaired) electrons. The Labute approximate surface area is 117 Å². The second-order valence-corrected chi connectivity index (χ2v) is 6.05. The van der Waals surface area contributed by atoms with Crippen LogP contribution in [0, 0.1) is 0 Å². The van der Waals surface area contributed by atoms with Crippen LogP contribution in [-0.4, -0.2) is 23.2 Å². The van der Waals surface area contributed by atoms with Gasteiger partial charge in [-0.3, -0.25) is 4.79 Å². The number of amides is 1. The number of hydrogen-bond donors (Lipinski definition) is 1. The monoisotopic (exact) mass is 326 g/mol. The van der Waals surface area contributed by atoms with Crippen LogP contribution in [0.1, 0.15) is 16.1 Å². The molecule has 0 spiro atoms. The van der Waals surface area contributed by atoms with Crippen LogP contribution in [0.4, 0.5) is 5.82 Å². The smallest absolute Gasteiger partial charge is 0.269 e. The van der Waals surface area contributed by atoms with Crippen LogP contribution >= 0.6 is 27.3 Å². The molecule has 0 aliphatic carbocycles. The summed E-state index contributed by atoms with van der Waals surface area (Å²) in [7, 11) is 1.92. The molecule has 0 aliphatic heterocycles. The fourth-order valence-electron chi connectivity index (χ4n) is 1.44. The first-order chi connectivity index (χ1) is 8.56. The molecule has 0 bridgehead atoms. The summed E-state index contributed by atoms with van der Waals surface area (Å²) in [6.45, 7) is 0.729. The number of nitrogens with two attached hydrogens (primary N) is 1. The van der Waals surface area contributed by atoms with Crippen LogP contribution in [-0.2, 0) is 6.54 Å². The van der Waals surface area contributed by atoms with E-state index in [0.29, 0.717) is 5.82 Å². The Morgan fingerprint density at radius 1 is 1.50 bits per heavy atom. The molecule has 1 amide bonds. The largest absolute Gasteiger partial charge is 0.364 e. The highest BCUT2D eigenvalue weighted by molar-refractivity contribution is 9.11. The molecule has 2 rings (SSSR count). The maximum absolute atomic E-state index is 10.9. The van der Waals surface area contributed by atoms with E-state index in [1.54, 1.807) is 23.5 Å². The SMILES string of the molecule is CN(Cc1csc(Br)c1)c1ccc(C(N)=O)nn1. The standard InChI is InChI=1S/C11H11BrN4OS/c1-16(5-7-4-9(12)18-6-7)10-3-2-8(11(13)17)14-15-10/h2-4,6H,5H2,1H3,(H2,13,17). The molecular weight excluding hydrogens is 316 g/mol. The van der Waals surface area contributed by atoms with Crippen LogP contribution in [0.3, 0.4) is 0 Å². The lowest BCUT2D eigenvalue weighted by Crippen LogP contribution is -2.19. The van der Waals surface area contributed by atoms with Gasteiger partial charge in [-0.1, -0.05) is 0 Å². The van der Waals surface area contributed by atoms with Crippen molar-refractivity contribution in [3.8, 4) is 0 Å². The van der Waals surface area contributed by atoms with Crippen LogP contribution in [0.5, 0.6) is 0 Å². The molecule has 0 saturated heterocycles. The second kappa shape index (κ2) is 5.45. The highest BCUT2D eigenvalue weighted by Gasteiger charge is 2.08. The maximum Gasteiger partial charge on any atom is 0.269 e. The van der Waals surface area contributed by atoms with Crippen molar-refractivity contribution in [1.29, 1.82) is 0 Å². The van der Waals surface area contributed by atoms with Gasteiger partial charge in [0.05, 0.1) is 3.79 Å². The highest BCUT2D eigenvalue weighted by atomic mass is 79.9. The highest BCUT2D eigenvalue weighted by Crippen LogP contribution is 2.22. The van der Waals surface area contributed by atoms with Crippen LogP contribution in [0.25, 0.3) is 0 Å². The molecule has 0 fully saturated rings. The van der Waals surface area contributed by atoms with Crippen molar-refractivity contribution in [2.45, 2.75) is 6.54 Å². The van der Waals surface area contributed by atoms with Crippen molar-refractivity contribution in [2.75, 3.05) is 11.9 Å². The molecular formula is C11H11BrN4OS. The molecule has 0 aliphatic rings. The molecule has 2 heterocycles. The summed E-state index contributed by atoms with van der Waals surface area (Å²) in [5, 5.41) is 9.82. The minimum absolute atomic E-state index is 0.172. The fourth-order valence-corrected chi connectivity index (χ4v) is 2.64. The van der Waals surface area contributed by atoms with Crippen molar-refractivity contribution in [3.05, 3.63) is 38.6 Å². The summed E-state index contributed by atoms with van der Waals surface area (Å²) >= 11 is 5.07. The molecule has 18 heavy (non-hydrogen) atoms. The number of primary amides is 1. The number of aromatic nitrogens is 2. The number of carbonyl (C=O) groups excluding carboxylic acids is 1. The lowest BCUT2D eigenvalue weighted by Gasteiger charge is -2.16. The molecule has 2 aromatic heterocycles. The van der Waals surface area contributed by atoms with Crippen molar-refractivity contribution in [1.82, 2.24) is 10.2 Å². The Morgan fingerprint density at radius 2 is 2.28 bits per heavy atom. The summed E-state index contributed by atoms with van der Waals surface area (Å²) < 4.78 is 1.10. The molecule has 7 heteroatoms. The summed E-state index contributed by atoms with van der Waals surface area (Å²) in [5.74, 6) is 0.126. The molecule has 94 valence electrons. The van der Waals surface area contributed by atoms with Gasteiger partial charge < -0.3 is 10.6 Å². The number of thiophene rings is 1. The van der Waals surface area contributed by atoms with Gasteiger partial charge in [-0.15, -0.1) is 21.5 Å². The molecule has 5 nitrogen and oxygen atoms in total. The van der Waals surface area contributed by atoms with E-state index in [2.05, 4.69) is 37.6 Å². The number of halogens is 1. The third-order valence-electron chi connectivity index (χ3n) is 2.34. The van der Waals surface area contributed by atoms with E-state index in [9.17, 15) is 4.79 Å². The van der Waals surface area contributed by atoms with Gasteiger partial charge in [0, 0.05) is 13.6 Å². The van der Waals surface area contributed by atoms with E-state index in [1.165, 1.54) is 5.56 Å². The van der Waals surface area contributed by atoms with Gasteiger partial charge in [0.1, 0.15) is 0 Å². The Morgan fingerprint density at radius 3 is 2.78 bits per heavy atom. The fraction of sp³-hybridized carbons (Fsp3) is 0.182. The van der Waals surface area contributed by atoms with Crippen LogP contribution in [0.2, 0.25) is 0 Å². The topological polar surface area (TPSA) is 72.1 Å². The van der Waals surface area contributed by atoms with E-state index < -0.39 is 5.91 Å². The Balaban J connectivity index is 2.09. The van der Waals surface area contributed by atoms with Crippen molar-refractivity contribution >= 4 is 39.0 Å². The molecule has 0 atom stereocenters. The summed E-state index contributed by atoms with van der Waals surface area (Å²) in [6, 6.07) is 5.37. The van der Waals surface area contributed by atoms with Crippen molar-refractivity contribution in [2.24, 2.45) is 5.73 Å². The molecule has 2 aromatic rings. The minimum atomic E-state index is -0.571. The van der Waals surface area contributed by atoms with E-state index in [4.69, 9.17) is 5.73 Å². The third-order valence-corrected chi connectivity index (χ3v) is 3.89. The van der Waals surface area contributed by atoms with Gasteiger partial charge in [0.25, 0.3) is 5.91 Å². The molecule has 0 saturated carbocycles. The lowest BCUT2D eigenvalue weighted by atomic mass is 10.3. The zero-order valence-electron chi connectivity index (χ0n) is 9.63. The van der Waals surface area contributed by atoms with Gasteiger partial charge in [0.15, 0.2) is 11.5 Å². The zero-order chi connectivity index (χ0) is 13.1. The van der Waals surface area contributed by atoms with Gasteiger partial charge in [0.2, 0.25) is 0 Å². The summed E-state index contributed by atoms with van der Waals surface area (Å²) in [6.07, 6.45) is 0. The van der Waals surface area contributed by atoms with Crippen LogP contribution < -0.4 is 10.6 Å². The van der Waals surface area contributed by atoms with Crippen molar-refractivity contribution in [3.63, 3.8) is 0 Å². The predicted molar refractivity (Wildman–Crippen MR) is 74.7 cm³/mol. The molecule has 0 aromatic carbocycles. The van der Waals surface area contributed by atoms with E-state index >= 15 is 0 Å². The average Bonchev–Trinajstić information content (AvgIpc) is 2.75. The Kier molecular flexibility index (Phi) is 3.93. The van der Waals surface area contributed by atoms with Gasteiger partial charge >= 0.3 is 0 Å². The number of anilines is 1. The lowest BCUT2D eigenvalue weighted by molar-refractivity contribution is 0.0994. The number of nitrogens with zero attached hydrogens (tertiary/aromatic N) is 3. The molecule has 0 unspecified atom stereocenters. The minimum Gasteiger partial charge on any atom is -0.364 e. The first-order valence-electron chi connectivity index (χ1n) is 5.14. The number of hydrogen-bond acceptors (Lipinski definition) is 5. The Bertz CT molecular complexity index is 554. The van der Waals surface area contributed by atoms with Gasteiger partial charge in [-0.2, -0.15) is 0 Å². The predicted octanol–water partition coefficient (Wildman–Crippen LogP) is 2.04. The number of carbonyl (C=O) groups is 1. The zero-order valence-corrected chi connectivity index (χ0v) is 12.0. The van der Waals surface area contributed by atoms with Crippen LogP contribution in [0.15, 0.2) is 27.4 Å². The van der Waals surface area contributed by atoms with Gasteiger partial charge in [-0.05, 0) is 45.1 Å². The van der Waals surface area contributed by atoms with Crippen molar-refractivity contribution < 1.29 is 4.79 Å². The first-order valence-corrected chi connectivity index (χ1v) is 6.81. The van der Waals surface area contributed by atoms with E-state index in [1.807, 2.05) is 11.9 Å². The maximum atomic E-state index is 10.9. The quantitative estimate of drug-likeness (QED) is 0.933. The third kappa shape index (κ3) is 3.05. The normalized spacial score (nSPS) is 10.3. The summed E-state index contributed by atoms with van der Waals surface area (Å²) in [4.78, 5) is 12.8. The average molecular weight is 327 g/mol. The number of rotatable bonds is 4. The first kappa shape index (κ1) is 13.0. The second-order valence-electron chi connectivity index (χ2n) is 3.76. The Hall–Kier alpha value is -1.47. The van der Waals surface area contributed by atoms with E-state index in [-0.39, 0.29) is 5.69 Å². The van der Waals surface area contributed by atoms with E-state index in [0.717, 1.165) is 10.3 Å². The molecule has 2 N–H and O–H groups in total. The van der Waals surface area contributed by atoms with Gasteiger partial charge in [-0.25, -0.2) is 0 Å².